The molecule has 40 heavy (non-hydrogen) atoms. The molecular formula is C31H33N3O5S. The molecule has 208 valence electrons. The van der Waals surface area contributed by atoms with Crippen molar-refractivity contribution in [2.45, 2.75) is 43.7 Å². The van der Waals surface area contributed by atoms with Crippen LogP contribution in [-0.4, -0.2) is 35.3 Å². The summed E-state index contributed by atoms with van der Waals surface area (Å²) in [5.41, 5.74) is 1.25. The molecule has 1 N–H and O–H groups in total. The molecule has 0 spiro atoms. The zero-order valence-corrected chi connectivity index (χ0v) is 24.0. The monoisotopic (exact) mass is 559 g/mol. The van der Waals surface area contributed by atoms with Gasteiger partial charge in [0.2, 0.25) is 0 Å². The number of rotatable bonds is 8. The number of nitrogens with zero attached hydrogens (tertiary/aromatic N) is 2. The number of amides is 2. The fourth-order valence-electron chi connectivity index (χ4n) is 4.13. The number of benzene rings is 3. The molecule has 4 rings (SSSR count). The van der Waals surface area contributed by atoms with E-state index in [4.69, 9.17) is 9.47 Å². The molecule has 1 aromatic heterocycles. The van der Waals surface area contributed by atoms with E-state index in [1.54, 1.807) is 51.6 Å². The van der Waals surface area contributed by atoms with Crippen LogP contribution in [0.4, 0.5) is 10.5 Å². The van der Waals surface area contributed by atoms with Gasteiger partial charge in [0.25, 0.3) is 11.5 Å². The second kappa shape index (κ2) is 12.3. The van der Waals surface area contributed by atoms with Crippen LogP contribution in [0.1, 0.15) is 26.3 Å². The third kappa shape index (κ3) is 7.04. The van der Waals surface area contributed by atoms with Crippen LogP contribution in [0.3, 0.4) is 0 Å². The number of carbonyl (C=O) groups is 2. The van der Waals surface area contributed by atoms with Gasteiger partial charge < -0.3 is 19.4 Å². The van der Waals surface area contributed by atoms with Crippen LogP contribution in [0.5, 0.6) is 5.75 Å². The first kappa shape index (κ1) is 28.8. The highest BCUT2D eigenvalue weighted by molar-refractivity contribution is 8.01. The van der Waals surface area contributed by atoms with E-state index >= 15 is 0 Å². The van der Waals surface area contributed by atoms with E-state index in [2.05, 4.69) is 5.32 Å². The van der Waals surface area contributed by atoms with E-state index in [1.165, 1.54) is 10.4 Å². The standard InChI is InChI=1S/C31H33N3O5S/c1-31(2,3)39-30(37)32-25(19-21-15-17-23(38-5)18-16-21)29(36)34(22-11-7-6-8-12-22)40-27-20-28(35)33(4)26-14-10-9-13-24(26)27/h6-18,20,25H,19H2,1-5H3,(H,32,37). The van der Waals surface area contributed by atoms with Crippen LogP contribution in [0.15, 0.2) is 94.6 Å². The summed E-state index contributed by atoms with van der Waals surface area (Å²) in [5.74, 6) is 0.313. The van der Waals surface area contributed by atoms with Crippen LogP contribution < -0.4 is 19.9 Å². The first-order valence-electron chi connectivity index (χ1n) is 12.8. The molecule has 0 radical (unpaired) electrons. The Morgan fingerprint density at radius 2 is 1.62 bits per heavy atom. The number of carbonyl (C=O) groups excluding carboxylic acids is 2. The van der Waals surface area contributed by atoms with Crippen LogP contribution in [0.25, 0.3) is 10.9 Å². The van der Waals surface area contributed by atoms with E-state index in [0.29, 0.717) is 16.3 Å². The summed E-state index contributed by atoms with van der Waals surface area (Å²) in [4.78, 5) is 40.6. The van der Waals surface area contributed by atoms with Gasteiger partial charge in [-0.15, -0.1) is 0 Å². The minimum atomic E-state index is -0.964. The summed E-state index contributed by atoms with van der Waals surface area (Å²) in [5, 5.41) is 3.61. The molecule has 0 aliphatic rings. The molecule has 9 heteroatoms. The van der Waals surface area contributed by atoms with Gasteiger partial charge in [-0.05, 0) is 68.6 Å². The molecule has 3 aromatic carbocycles. The SMILES string of the molecule is COc1ccc(CC(NC(=O)OC(C)(C)C)C(=O)N(Sc2cc(=O)n(C)c3ccccc23)c2ccccc2)cc1. The Morgan fingerprint density at radius 3 is 2.27 bits per heavy atom. The summed E-state index contributed by atoms with van der Waals surface area (Å²) in [7, 11) is 3.30. The number of hydrogen-bond donors (Lipinski definition) is 1. The van der Waals surface area contributed by atoms with Crippen molar-refractivity contribution in [3.8, 4) is 5.75 Å². The average molecular weight is 560 g/mol. The lowest BCUT2D eigenvalue weighted by molar-refractivity contribution is -0.119. The molecule has 0 saturated heterocycles. The second-order valence-electron chi connectivity index (χ2n) is 10.2. The number of anilines is 1. The van der Waals surface area contributed by atoms with Crippen LogP contribution >= 0.6 is 11.9 Å². The van der Waals surface area contributed by atoms with Gasteiger partial charge in [-0.3, -0.25) is 9.59 Å². The molecule has 8 nitrogen and oxygen atoms in total. The molecule has 1 unspecified atom stereocenters. The van der Waals surface area contributed by atoms with Crippen molar-refractivity contribution in [3.63, 3.8) is 0 Å². The Balaban J connectivity index is 1.75. The number of nitrogens with one attached hydrogen (secondary N) is 1. The predicted molar refractivity (Wildman–Crippen MR) is 159 cm³/mol. The van der Waals surface area contributed by atoms with Gasteiger partial charge >= 0.3 is 6.09 Å². The molecule has 0 fully saturated rings. The molecule has 0 bridgehead atoms. The lowest BCUT2D eigenvalue weighted by atomic mass is 10.0. The number of methoxy groups -OCH3 is 1. The Labute approximate surface area is 238 Å². The number of alkyl carbamates (subject to hydrolysis) is 1. The summed E-state index contributed by atoms with van der Waals surface area (Å²) >= 11 is 1.15. The Hall–Kier alpha value is -4.24. The van der Waals surface area contributed by atoms with Crippen LogP contribution in [0, 0.1) is 0 Å². The highest BCUT2D eigenvalue weighted by Crippen LogP contribution is 2.34. The van der Waals surface area contributed by atoms with Gasteiger partial charge in [0.15, 0.2) is 0 Å². The van der Waals surface area contributed by atoms with Gasteiger partial charge in [0.05, 0.1) is 18.3 Å². The van der Waals surface area contributed by atoms with E-state index in [9.17, 15) is 14.4 Å². The smallest absolute Gasteiger partial charge is 0.408 e. The number of para-hydroxylation sites is 2. The van der Waals surface area contributed by atoms with E-state index < -0.39 is 17.7 Å². The fourth-order valence-corrected chi connectivity index (χ4v) is 5.20. The number of aromatic nitrogens is 1. The Kier molecular flexibility index (Phi) is 8.84. The van der Waals surface area contributed by atoms with Crippen LogP contribution in [0.2, 0.25) is 0 Å². The van der Waals surface area contributed by atoms with E-state index in [0.717, 1.165) is 28.4 Å². The van der Waals surface area contributed by atoms with Crippen molar-refractivity contribution >= 4 is 40.5 Å². The van der Waals surface area contributed by atoms with Crippen molar-refractivity contribution in [2.75, 3.05) is 11.4 Å². The number of hydrogen-bond acceptors (Lipinski definition) is 6. The quantitative estimate of drug-likeness (QED) is 0.278. The van der Waals surface area contributed by atoms with Crippen molar-refractivity contribution in [2.24, 2.45) is 7.05 Å². The lowest BCUT2D eigenvalue weighted by Crippen LogP contribution is -2.49. The number of pyridine rings is 1. The minimum Gasteiger partial charge on any atom is -0.497 e. The average Bonchev–Trinajstić information content (AvgIpc) is 2.93. The summed E-state index contributed by atoms with van der Waals surface area (Å²) in [6, 6.07) is 24.6. The molecular weight excluding hydrogens is 526 g/mol. The second-order valence-corrected chi connectivity index (χ2v) is 11.2. The fraction of sp³-hybridized carbons (Fsp3) is 0.258. The van der Waals surface area contributed by atoms with Gasteiger partial charge in [-0.2, -0.15) is 0 Å². The van der Waals surface area contributed by atoms with Gasteiger partial charge in [0, 0.05) is 29.8 Å². The van der Waals surface area contributed by atoms with Crippen molar-refractivity contribution < 1.29 is 19.1 Å². The zero-order valence-electron chi connectivity index (χ0n) is 23.2. The molecule has 0 aliphatic heterocycles. The molecule has 0 aliphatic carbocycles. The van der Waals surface area contributed by atoms with E-state index in [-0.39, 0.29) is 17.9 Å². The summed E-state index contributed by atoms with van der Waals surface area (Å²) in [6.07, 6.45) is -0.486. The predicted octanol–water partition coefficient (Wildman–Crippen LogP) is 5.72. The largest absolute Gasteiger partial charge is 0.497 e. The molecule has 4 aromatic rings. The molecule has 1 atom stereocenters. The topological polar surface area (TPSA) is 89.9 Å². The van der Waals surface area contributed by atoms with Gasteiger partial charge in [0.1, 0.15) is 17.4 Å². The lowest BCUT2D eigenvalue weighted by Gasteiger charge is -2.28. The first-order chi connectivity index (χ1) is 19.1. The number of aryl methyl sites for hydroxylation is 1. The number of ether oxygens (including phenoxy) is 2. The normalized spacial score (nSPS) is 12.0. The molecule has 1 heterocycles. The van der Waals surface area contributed by atoms with Crippen molar-refractivity contribution in [1.82, 2.24) is 9.88 Å². The minimum absolute atomic E-state index is 0.191. The Morgan fingerprint density at radius 1 is 0.975 bits per heavy atom. The maximum absolute atomic E-state index is 14.3. The first-order valence-corrected chi connectivity index (χ1v) is 13.6. The zero-order chi connectivity index (χ0) is 28.9. The highest BCUT2D eigenvalue weighted by Gasteiger charge is 2.31. The van der Waals surface area contributed by atoms with E-state index in [1.807, 2.05) is 66.7 Å². The maximum atomic E-state index is 14.3. The van der Waals surface area contributed by atoms with Crippen molar-refractivity contribution in [3.05, 3.63) is 101 Å². The molecule has 0 saturated carbocycles. The maximum Gasteiger partial charge on any atom is 0.408 e. The van der Waals surface area contributed by atoms with Crippen LogP contribution in [-0.2, 0) is 23.0 Å². The Bertz CT molecular complexity index is 1550. The van der Waals surface area contributed by atoms with Gasteiger partial charge in [-0.25, -0.2) is 9.10 Å². The third-order valence-electron chi connectivity index (χ3n) is 6.08. The third-order valence-corrected chi connectivity index (χ3v) is 7.19. The summed E-state index contributed by atoms with van der Waals surface area (Å²) < 4.78 is 13.8. The molecule has 2 amide bonds. The van der Waals surface area contributed by atoms with Crippen molar-refractivity contribution in [1.29, 1.82) is 0 Å². The van der Waals surface area contributed by atoms with Gasteiger partial charge in [-0.1, -0.05) is 48.5 Å². The number of fused-ring (bicyclic) bond motifs is 1. The summed E-state index contributed by atoms with van der Waals surface area (Å²) in [6.45, 7) is 5.29. The highest BCUT2D eigenvalue weighted by atomic mass is 32.2.